The summed E-state index contributed by atoms with van der Waals surface area (Å²) in [4.78, 5) is 13.7. The van der Waals surface area contributed by atoms with Crippen molar-refractivity contribution in [3.05, 3.63) is 70.8 Å². The molecule has 208 valence electrons. The highest BCUT2D eigenvalue weighted by Crippen LogP contribution is 2.29. The first-order valence-electron chi connectivity index (χ1n) is 13.1. The molecule has 1 aliphatic carbocycles. The Balaban J connectivity index is 1.29. The van der Waals surface area contributed by atoms with Crippen molar-refractivity contribution in [3.8, 4) is 0 Å². The van der Waals surface area contributed by atoms with Gasteiger partial charge in [0, 0.05) is 37.3 Å². The Kier molecular flexibility index (Phi) is 8.46. The number of rotatable bonds is 6. The maximum Gasteiger partial charge on any atom is 0.243 e. The second-order valence-electron chi connectivity index (χ2n) is 9.69. The summed E-state index contributed by atoms with van der Waals surface area (Å²) >= 11 is 0. The van der Waals surface area contributed by atoms with E-state index in [2.05, 4.69) is 0 Å². The monoisotopic (exact) mass is 572 g/mol. The molecule has 9 nitrogen and oxygen atoms in total. The third-order valence-corrected chi connectivity index (χ3v) is 11.0. The summed E-state index contributed by atoms with van der Waals surface area (Å²) in [5.41, 5.74) is 2.86. The molecule has 2 heterocycles. The van der Waals surface area contributed by atoms with Crippen LogP contribution in [0.1, 0.15) is 30.4 Å². The van der Waals surface area contributed by atoms with E-state index in [4.69, 9.17) is 9.47 Å². The summed E-state index contributed by atoms with van der Waals surface area (Å²) in [6.07, 6.45) is 5.73. The van der Waals surface area contributed by atoms with Crippen LogP contribution in [-0.2, 0) is 34.3 Å². The molecule has 2 aromatic carbocycles. The summed E-state index contributed by atoms with van der Waals surface area (Å²) in [5.74, 6) is -0.0451. The lowest BCUT2D eigenvalue weighted by Crippen LogP contribution is -2.40. The second-order valence-corrected chi connectivity index (χ2v) is 13.6. The van der Waals surface area contributed by atoms with Gasteiger partial charge in [0.25, 0.3) is 0 Å². The van der Waals surface area contributed by atoms with Gasteiger partial charge in [-0.05, 0) is 66.8 Å². The molecule has 1 saturated carbocycles. The van der Waals surface area contributed by atoms with Crippen LogP contribution < -0.4 is 0 Å². The van der Waals surface area contributed by atoms with Crippen LogP contribution in [0.5, 0.6) is 0 Å². The van der Waals surface area contributed by atoms with E-state index in [0.717, 1.165) is 17.5 Å². The van der Waals surface area contributed by atoms with Gasteiger partial charge >= 0.3 is 0 Å². The molecule has 0 unspecified atom stereocenters. The molecular formula is C28H32N2O7S2. The first-order valence-corrected chi connectivity index (χ1v) is 15.9. The average Bonchev–Trinajstić information content (AvgIpc) is 2.97. The van der Waals surface area contributed by atoms with E-state index in [9.17, 15) is 21.6 Å². The van der Waals surface area contributed by atoms with Gasteiger partial charge in [-0.25, -0.2) is 16.8 Å². The summed E-state index contributed by atoms with van der Waals surface area (Å²) in [7, 11) is -7.15. The van der Waals surface area contributed by atoms with Crippen LogP contribution in [0.25, 0.3) is 12.2 Å². The van der Waals surface area contributed by atoms with Crippen molar-refractivity contribution in [1.29, 1.82) is 0 Å². The third kappa shape index (κ3) is 6.24. The summed E-state index contributed by atoms with van der Waals surface area (Å²) < 4.78 is 64.8. The van der Waals surface area contributed by atoms with Gasteiger partial charge in [0.1, 0.15) is 0 Å². The number of morpholine rings is 2. The Morgan fingerprint density at radius 2 is 0.949 bits per heavy atom. The Bertz CT molecular complexity index is 1360. The average molecular weight is 573 g/mol. The molecule has 0 spiro atoms. The Labute approximate surface area is 229 Å². The Morgan fingerprint density at radius 3 is 1.31 bits per heavy atom. The van der Waals surface area contributed by atoms with Crippen LogP contribution in [0.15, 0.2) is 69.5 Å². The number of allylic oxidation sites excluding steroid dienone is 2. The summed E-state index contributed by atoms with van der Waals surface area (Å²) in [6, 6.07) is 13.2. The Hall–Kier alpha value is -2.67. The molecule has 2 aliphatic heterocycles. The molecule has 5 rings (SSSR count). The number of nitrogens with zero attached hydrogens (tertiary/aromatic N) is 2. The van der Waals surface area contributed by atoms with E-state index >= 15 is 0 Å². The predicted molar refractivity (Wildman–Crippen MR) is 147 cm³/mol. The standard InChI is InChI=1S/C28H32N2O7S2/c31-28-24(20-22-4-8-26(9-5-22)38(32,33)29-12-16-36-17-13-29)2-1-3-25(28)21-23-6-10-27(11-7-23)39(34,35)30-14-18-37-19-15-30/h4-11,20-21H,1-3,12-19H2/b24-20+,25-21+. The molecule has 0 bridgehead atoms. The van der Waals surface area contributed by atoms with Crippen molar-refractivity contribution in [3.63, 3.8) is 0 Å². The summed E-state index contributed by atoms with van der Waals surface area (Å²) in [5, 5.41) is 0. The number of sulfonamides is 2. The number of ether oxygens (including phenoxy) is 2. The lowest BCUT2D eigenvalue weighted by Gasteiger charge is -2.26. The number of hydrogen-bond acceptors (Lipinski definition) is 7. The number of benzene rings is 2. The first kappa shape index (κ1) is 27.9. The van der Waals surface area contributed by atoms with Gasteiger partial charge in [-0.3, -0.25) is 4.79 Å². The van der Waals surface area contributed by atoms with E-state index in [0.29, 0.717) is 76.6 Å². The van der Waals surface area contributed by atoms with Gasteiger partial charge in [-0.15, -0.1) is 0 Å². The lowest BCUT2D eigenvalue weighted by atomic mass is 9.87. The maximum absolute atomic E-state index is 13.2. The van der Waals surface area contributed by atoms with E-state index in [1.54, 1.807) is 48.5 Å². The molecule has 0 N–H and O–H groups in total. The normalized spacial score (nSPS) is 22.4. The number of ketones is 1. The van der Waals surface area contributed by atoms with Crippen molar-refractivity contribution < 1.29 is 31.1 Å². The van der Waals surface area contributed by atoms with E-state index in [1.807, 2.05) is 12.2 Å². The van der Waals surface area contributed by atoms with E-state index in [1.165, 1.54) is 8.61 Å². The molecule has 0 radical (unpaired) electrons. The molecule has 39 heavy (non-hydrogen) atoms. The first-order chi connectivity index (χ1) is 18.7. The number of carbonyl (C=O) groups is 1. The molecule has 2 saturated heterocycles. The maximum atomic E-state index is 13.2. The number of hydrogen-bond donors (Lipinski definition) is 0. The van der Waals surface area contributed by atoms with Gasteiger partial charge < -0.3 is 9.47 Å². The lowest BCUT2D eigenvalue weighted by molar-refractivity contribution is -0.112. The highest BCUT2D eigenvalue weighted by Gasteiger charge is 2.27. The summed E-state index contributed by atoms with van der Waals surface area (Å²) in [6.45, 7) is 2.90. The van der Waals surface area contributed by atoms with Crippen LogP contribution in [-0.4, -0.2) is 83.8 Å². The second kappa shape index (κ2) is 11.8. The Morgan fingerprint density at radius 1 is 0.590 bits per heavy atom. The zero-order valence-electron chi connectivity index (χ0n) is 21.6. The van der Waals surface area contributed by atoms with Crippen LogP contribution in [0, 0.1) is 0 Å². The zero-order chi connectivity index (χ0) is 27.5. The van der Waals surface area contributed by atoms with Crippen molar-refractivity contribution in [2.24, 2.45) is 0 Å². The third-order valence-electron chi connectivity index (χ3n) is 7.13. The van der Waals surface area contributed by atoms with Gasteiger partial charge in [0.05, 0.1) is 36.2 Å². The molecule has 3 aliphatic rings. The van der Waals surface area contributed by atoms with E-state index < -0.39 is 20.0 Å². The number of Topliss-reactive ketones (excluding diaryl/α,β-unsaturated/α-hetero) is 1. The van der Waals surface area contributed by atoms with Gasteiger partial charge in [0.15, 0.2) is 5.78 Å². The van der Waals surface area contributed by atoms with Crippen molar-refractivity contribution in [2.45, 2.75) is 29.1 Å². The van der Waals surface area contributed by atoms with Crippen LogP contribution in [0.3, 0.4) is 0 Å². The predicted octanol–water partition coefficient (Wildman–Crippen LogP) is 2.95. The molecule has 11 heteroatoms. The molecule has 2 aromatic rings. The van der Waals surface area contributed by atoms with Gasteiger partial charge in [0.2, 0.25) is 20.0 Å². The molecular weight excluding hydrogens is 540 g/mol. The highest BCUT2D eigenvalue weighted by atomic mass is 32.2. The van der Waals surface area contributed by atoms with Crippen LogP contribution in [0.4, 0.5) is 0 Å². The van der Waals surface area contributed by atoms with Crippen LogP contribution >= 0.6 is 0 Å². The topological polar surface area (TPSA) is 110 Å². The fourth-order valence-corrected chi connectivity index (χ4v) is 7.74. The quantitative estimate of drug-likeness (QED) is 0.490. The minimum Gasteiger partial charge on any atom is -0.379 e. The zero-order valence-corrected chi connectivity index (χ0v) is 23.3. The van der Waals surface area contributed by atoms with Gasteiger partial charge in [-0.1, -0.05) is 24.3 Å². The van der Waals surface area contributed by atoms with E-state index in [-0.39, 0.29) is 15.6 Å². The molecule has 0 aromatic heterocycles. The number of carbonyl (C=O) groups excluding carboxylic acids is 1. The minimum absolute atomic E-state index is 0.0451. The van der Waals surface area contributed by atoms with Crippen molar-refractivity contribution in [1.82, 2.24) is 8.61 Å². The molecule has 3 fully saturated rings. The largest absolute Gasteiger partial charge is 0.379 e. The van der Waals surface area contributed by atoms with Gasteiger partial charge in [-0.2, -0.15) is 8.61 Å². The fourth-order valence-electron chi connectivity index (χ4n) is 4.92. The highest BCUT2D eigenvalue weighted by molar-refractivity contribution is 7.89. The SMILES string of the molecule is O=C1/C(=C/c2ccc(S(=O)(=O)N3CCOCC3)cc2)CCC/C1=C\c1ccc(S(=O)(=O)N2CCOCC2)cc1. The molecule has 0 atom stereocenters. The minimum atomic E-state index is -3.57. The fraction of sp³-hybridized carbons (Fsp3) is 0.393. The van der Waals surface area contributed by atoms with Crippen molar-refractivity contribution in [2.75, 3.05) is 52.6 Å². The molecule has 0 amide bonds. The van der Waals surface area contributed by atoms with Crippen LogP contribution in [0.2, 0.25) is 0 Å². The van der Waals surface area contributed by atoms with Crippen molar-refractivity contribution >= 4 is 38.0 Å². The smallest absolute Gasteiger partial charge is 0.243 e.